The van der Waals surface area contributed by atoms with E-state index in [0.29, 0.717) is 5.82 Å². The molecule has 0 bridgehead atoms. The van der Waals surface area contributed by atoms with Crippen molar-refractivity contribution in [1.29, 1.82) is 0 Å². The number of imidazole rings is 1. The average Bonchev–Trinajstić information content (AvgIpc) is 2.15. The highest BCUT2D eigenvalue weighted by Gasteiger charge is 1.97. The van der Waals surface area contributed by atoms with Crippen LogP contribution in [0.1, 0.15) is 5.82 Å². The molecule has 0 aliphatic heterocycles. The van der Waals surface area contributed by atoms with Crippen LogP contribution in [-0.4, -0.2) is 15.9 Å². The van der Waals surface area contributed by atoms with Crippen LogP contribution in [0.3, 0.4) is 0 Å². The monoisotopic (exact) mass is 124 g/mol. The van der Waals surface area contributed by atoms with E-state index in [1.165, 1.54) is 6.20 Å². The minimum Gasteiger partial charge on any atom is -0.369 e. The maximum atomic E-state index is 10.2. The van der Waals surface area contributed by atoms with E-state index in [1.807, 2.05) is 0 Å². The van der Waals surface area contributed by atoms with Crippen molar-refractivity contribution >= 4 is 5.91 Å². The number of aromatic amines is 1. The number of amides is 1. The van der Waals surface area contributed by atoms with Gasteiger partial charge in [-0.15, -0.1) is 0 Å². The van der Waals surface area contributed by atoms with E-state index in [1.54, 1.807) is 0 Å². The maximum Gasteiger partial charge on any atom is 0.225 e. The summed E-state index contributed by atoms with van der Waals surface area (Å²) in [6.45, 7) is 0. The lowest BCUT2D eigenvalue weighted by Gasteiger charge is -1.86. The Morgan fingerprint density at radius 1 is 2.00 bits per heavy atom. The summed E-state index contributed by atoms with van der Waals surface area (Å²) in [5.74, 6) is 0.167. The Kier molecular flexibility index (Phi) is 1.48. The molecule has 1 amide bonds. The van der Waals surface area contributed by atoms with Gasteiger partial charge in [0.2, 0.25) is 5.91 Å². The van der Waals surface area contributed by atoms with E-state index >= 15 is 0 Å². The molecule has 0 saturated carbocycles. The SMILES string of the molecule is NC(=O)Cc1n[c]c[nH]1. The first kappa shape index (κ1) is 5.81. The third-order valence-electron chi connectivity index (χ3n) is 0.845. The molecule has 9 heavy (non-hydrogen) atoms. The number of hydrogen-bond acceptors (Lipinski definition) is 2. The number of hydrogen-bond donors (Lipinski definition) is 2. The zero-order chi connectivity index (χ0) is 6.69. The molecule has 0 aliphatic rings. The van der Waals surface area contributed by atoms with E-state index in [-0.39, 0.29) is 6.42 Å². The van der Waals surface area contributed by atoms with E-state index in [9.17, 15) is 4.79 Å². The first-order valence-corrected chi connectivity index (χ1v) is 2.47. The highest BCUT2D eigenvalue weighted by atomic mass is 16.1. The molecule has 4 nitrogen and oxygen atoms in total. The van der Waals surface area contributed by atoms with Gasteiger partial charge in [0, 0.05) is 6.20 Å². The first-order chi connectivity index (χ1) is 4.29. The number of nitrogens with one attached hydrogen (secondary N) is 1. The topological polar surface area (TPSA) is 71.8 Å². The molecular formula is C5H6N3O. The lowest BCUT2D eigenvalue weighted by atomic mass is 10.4. The van der Waals surface area contributed by atoms with Gasteiger partial charge in [-0.1, -0.05) is 0 Å². The molecule has 47 valence electrons. The van der Waals surface area contributed by atoms with Gasteiger partial charge in [-0.2, -0.15) is 0 Å². The Hall–Kier alpha value is -1.32. The molecule has 0 unspecified atom stereocenters. The van der Waals surface area contributed by atoms with Crippen molar-refractivity contribution in [2.75, 3.05) is 0 Å². The number of aromatic nitrogens is 2. The Labute approximate surface area is 52.1 Å². The van der Waals surface area contributed by atoms with Gasteiger partial charge in [0.05, 0.1) is 6.42 Å². The number of carbonyl (C=O) groups is 1. The molecule has 0 fully saturated rings. The summed E-state index contributed by atoms with van der Waals surface area (Å²) in [6, 6.07) is 0. The largest absolute Gasteiger partial charge is 0.369 e. The Morgan fingerprint density at radius 3 is 3.22 bits per heavy atom. The highest BCUT2D eigenvalue weighted by Crippen LogP contribution is 1.86. The van der Waals surface area contributed by atoms with Gasteiger partial charge in [0.15, 0.2) is 0 Å². The molecule has 1 aromatic rings. The molecule has 1 heterocycles. The maximum absolute atomic E-state index is 10.2. The molecule has 0 spiro atoms. The average molecular weight is 124 g/mol. The van der Waals surface area contributed by atoms with Crippen molar-refractivity contribution in [3.63, 3.8) is 0 Å². The number of carbonyl (C=O) groups excluding carboxylic acids is 1. The van der Waals surface area contributed by atoms with E-state index < -0.39 is 5.91 Å². The normalized spacial score (nSPS) is 9.33. The van der Waals surface area contributed by atoms with E-state index in [2.05, 4.69) is 16.2 Å². The molecule has 0 saturated heterocycles. The zero-order valence-corrected chi connectivity index (χ0v) is 4.72. The Bertz CT molecular complexity index is 192. The molecule has 4 heteroatoms. The molecule has 1 radical (unpaired) electrons. The third kappa shape index (κ3) is 1.56. The standard InChI is InChI=1S/C5H6N3O/c6-4(9)3-5-7-1-2-8-5/h1H,3H2,(H2,6,9)(H,7,8). The third-order valence-corrected chi connectivity index (χ3v) is 0.845. The van der Waals surface area contributed by atoms with E-state index in [4.69, 9.17) is 5.73 Å². The number of nitrogens with zero attached hydrogens (tertiary/aromatic N) is 1. The van der Waals surface area contributed by atoms with Crippen molar-refractivity contribution in [2.24, 2.45) is 5.73 Å². The van der Waals surface area contributed by atoms with Gasteiger partial charge in [-0.25, -0.2) is 4.98 Å². The molecular weight excluding hydrogens is 118 g/mol. The van der Waals surface area contributed by atoms with Crippen molar-refractivity contribution in [3.05, 3.63) is 18.2 Å². The summed E-state index contributed by atoms with van der Waals surface area (Å²) in [4.78, 5) is 16.6. The van der Waals surface area contributed by atoms with Crippen LogP contribution in [0, 0.1) is 6.20 Å². The van der Waals surface area contributed by atoms with Crippen LogP contribution in [0.4, 0.5) is 0 Å². The van der Waals surface area contributed by atoms with Crippen LogP contribution in [0.2, 0.25) is 0 Å². The van der Waals surface area contributed by atoms with E-state index in [0.717, 1.165) is 0 Å². The predicted octanol–water partition coefficient (Wildman–Crippen LogP) is -0.762. The van der Waals surface area contributed by atoms with Crippen molar-refractivity contribution in [3.8, 4) is 0 Å². The minimum atomic E-state index is -0.390. The van der Waals surface area contributed by atoms with Crippen LogP contribution < -0.4 is 5.73 Å². The minimum absolute atomic E-state index is 0.156. The summed E-state index contributed by atoms with van der Waals surface area (Å²) in [7, 11) is 0. The van der Waals surface area contributed by atoms with Crippen LogP contribution in [0.5, 0.6) is 0 Å². The predicted molar refractivity (Wildman–Crippen MR) is 30.3 cm³/mol. The highest BCUT2D eigenvalue weighted by molar-refractivity contribution is 5.75. The van der Waals surface area contributed by atoms with Crippen molar-refractivity contribution < 1.29 is 4.79 Å². The fraction of sp³-hybridized carbons (Fsp3) is 0.200. The van der Waals surface area contributed by atoms with Crippen molar-refractivity contribution in [1.82, 2.24) is 9.97 Å². The number of primary amides is 1. The van der Waals surface area contributed by atoms with Crippen LogP contribution in [-0.2, 0) is 11.2 Å². The molecule has 1 aromatic heterocycles. The number of nitrogens with two attached hydrogens (primary N) is 1. The number of H-pyrrole nitrogens is 1. The van der Waals surface area contributed by atoms with Gasteiger partial charge in [0.25, 0.3) is 0 Å². The smallest absolute Gasteiger partial charge is 0.225 e. The summed E-state index contributed by atoms with van der Waals surface area (Å²) in [6.07, 6.45) is 4.20. The zero-order valence-electron chi connectivity index (χ0n) is 4.72. The summed E-state index contributed by atoms with van der Waals surface area (Å²) >= 11 is 0. The molecule has 0 aliphatic carbocycles. The second kappa shape index (κ2) is 2.30. The Morgan fingerprint density at radius 2 is 2.78 bits per heavy atom. The van der Waals surface area contributed by atoms with Gasteiger partial charge in [-0.3, -0.25) is 4.79 Å². The van der Waals surface area contributed by atoms with Gasteiger partial charge < -0.3 is 10.7 Å². The lowest BCUT2D eigenvalue weighted by Crippen LogP contribution is -2.14. The molecule has 1 rings (SSSR count). The fourth-order valence-electron chi connectivity index (χ4n) is 0.514. The van der Waals surface area contributed by atoms with Gasteiger partial charge >= 0.3 is 0 Å². The summed E-state index contributed by atoms with van der Waals surface area (Å²) in [5, 5.41) is 0. The van der Waals surface area contributed by atoms with Crippen LogP contribution >= 0.6 is 0 Å². The molecule has 0 atom stereocenters. The second-order valence-electron chi connectivity index (χ2n) is 1.62. The second-order valence-corrected chi connectivity index (χ2v) is 1.62. The number of rotatable bonds is 2. The first-order valence-electron chi connectivity index (χ1n) is 2.47. The summed E-state index contributed by atoms with van der Waals surface area (Å²) in [5.41, 5.74) is 4.87. The lowest BCUT2D eigenvalue weighted by molar-refractivity contribution is -0.117. The summed E-state index contributed by atoms with van der Waals surface area (Å²) < 4.78 is 0. The Balaban J connectivity index is 2.58. The van der Waals surface area contributed by atoms with Gasteiger partial charge in [0.1, 0.15) is 12.0 Å². The quantitative estimate of drug-likeness (QED) is 0.543. The van der Waals surface area contributed by atoms with Gasteiger partial charge in [-0.05, 0) is 0 Å². The molecule has 0 aromatic carbocycles. The fourth-order valence-corrected chi connectivity index (χ4v) is 0.514. The molecule has 3 N–H and O–H groups in total. The van der Waals surface area contributed by atoms with Crippen LogP contribution in [0.25, 0.3) is 0 Å². The van der Waals surface area contributed by atoms with Crippen molar-refractivity contribution in [2.45, 2.75) is 6.42 Å². The van der Waals surface area contributed by atoms with Crippen LogP contribution in [0.15, 0.2) is 6.20 Å².